The molecule has 2 aliphatic heterocycles. The fraction of sp³-hybridized carbons (Fsp3) is 0.409. The van der Waals surface area contributed by atoms with Crippen LogP contribution in [0.25, 0.3) is 0 Å². The maximum atomic E-state index is 13.0. The molecule has 0 bridgehead atoms. The van der Waals surface area contributed by atoms with Gasteiger partial charge in [-0.3, -0.25) is 4.79 Å². The minimum absolute atomic E-state index is 0.172. The van der Waals surface area contributed by atoms with E-state index in [0.717, 1.165) is 30.6 Å². The van der Waals surface area contributed by atoms with Gasteiger partial charge in [0, 0.05) is 12.5 Å². The third kappa shape index (κ3) is 4.37. The van der Waals surface area contributed by atoms with Gasteiger partial charge in [0.1, 0.15) is 13.2 Å². The summed E-state index contributed by atoms with van der Waals surface area (Å²) in [5.74, 6) is 2.30. The maximum absolute atomic E-state index is 13.0. The largest absolute Gasteiger partial charge is 0.490 e. The van der Waals surface area contributed by atoms with Gasteiger partial charge >= 0.3 is 0 Å². The van der Waals surface area contributed by atoms with Crippen LogP contribution in [-0.4, -0.2) is 32.3 Å². The molecule has 1 atom stereocenters. The number of hydrogen-bond acceptors (Lipinski definition) is 5. The predicted octanol–water partition coefficient (Wildman–Crippen LogP) is 4.54. The first-order valence-corrected chi connectivity index (χ1v) is 10.3. The van der Waals surface area contributed by atoms with Gasteiger partial charge in [-0.25, -0.2) is 0 Å². The van der Waals surface area contributed by atoms with E-state index in [9.17, 15) is 4.79 Å². The third-order valence-corrected chi connectivity index (χ3v) is 5.25. The highest BCUT2D eigenvalue weighted by Crippen LogP contribution is 2.36. The van der Waals surface area contributed by atoms with Gasteiger partial charge in [0.2, 0.25) is 0 Å². The Bertz CT molecular complexity index is 901. The van der Waals surface area contributed by atoms with Crippen molar-refractivity contribution in [3.8, 4) is 23.0 Å². The highest BCUT2D eigenvalue weighted by molar-refractivity contribution is 6.34. The molecular formula is C22H24ClNO5. The molecule has 1 amide bonds. The fourth-order valence-corrected chi connectivity index (χ4v) is 3.72. The van der Waals surface area contributed by atoms with Crippen molar-refractivity contribution in [2.45, 2.75) is 32.2 Å². The summed E-state index contributed by atoms with van der Waals surface area (Å²) in [6.45, 7) is 4.26. The molecule has 0 saturated heterocycles. The Morgan fingerprint density at radius 3 is 2.38 bits per heavy atom. The second-order valence-electron chi connectivity index (χ2n) is 7.05. The minimum atomic E-state index is -0.252. The molecule has 6 nitrogen and oxygen atoms in total. The van der Waals surface area contributed by atoms with Gasteiger partial charge in [-0.2, -0.15) is 0 Å². The number of hydrogen-bond donors (Lipinski definition) is 1. The van der Waals surface area contributed by atoms with Crippen LogP contribution in [0.5, 0.6) is 23.0 Å². The van der Waals surface area contributed by atoms with E-state index in [4.69, 9.17) is 30.5 Å². The smallest absolute Gasteiger partial charge is 0.253 e. The lowest BCUT2D eigenvalue weighted by atomic mass is 10.0. The second-order valence-corrected chi connectivity index (χ2v) is 7.45. The van der Waals surface area contributed by atoms with Crippen LogP contribution in [0.1, 0.15) is 48.1 Å². The van der Waals surface area contributed by atoms with Gasteiger partial charge in [0.25, 0.3) is 5.91 Å². The number of benzene rings is 2. The first-order chi connectivity index (χ1) is 14.2. The molecule has 0 saturated carbocycles. The zero-order chi connectivity index (χ0) is 20.2. The number of fused-ring (bicyclic) bond motifs is 2. The average molecular weight is 418 g/mol. The van der Waals surface area contributed by atoms with Crippen LogP contribution in [0, 0.1) is 0 Å². The van der Waals surface area contributed by atoms with Crippen LogP contribution >= 0.6 is 11.6 Å². The van der Waals surface area contributed by atoms with E-state index in [1.807, 2.05) is 18.2 Å². The van der Waals surface area contributed by atoms with Crippen LogP contribution in [-0.2, 0) is 0 Å². The monoisotopic (exact) mass is 417 g/mol. The molecule has 7 heteroatoms. The van der Waals surface area contributed by atoms with E-state index in [1.165, 1.54) is 0 Å². The molecular weight excluding hydrogens is 394 g/mol. The Kier molecular flexibility index (Phi) is 6.00. The number of amides is 1. The molecule has 2 heterocycles. The summed E-state index contributed by atoms with van der Waals surface area (Å²) in [7, 11) is 0. The van der Waals surface area contributed by atoms with Crippen molar-refractivity contribution in [3.05, 3.63) is 46.5 Å². The summed E-state index contributed by atoms with van der Waals surface area (Å²) in [6, 6.07) is 8.93. The number of nitrogens with one attached hydrogen (secondary N) is 1. The Morgan fingerprint density at radius 2 is 1.62 bits per heavy atom. The molecule has 2 aromatic rings. The summed E-state index contributed by atoms with van der Waals surface area (Å²) >= 11 is 6.34. The van der Waals surface area contributed by atoms with E-state index in [2.05, 4.69) is 12.2 Å². The van der Waals surface area contributed by atoms with Gasteiger partial charge in [-0.15, -0.1) is 0 Å². The summed E-state index contributed by atoms with van der Waals surface area (Å²) in [6.07, 6.45) is 2.55. The molecule has 29 heavy (non-hydrogen) atoms. The molecule has 0 aliphatic carbocycles. The summed E-state index contributed by atoms with van der Waals surface area (Å²) < 4.78 is 22.6. The Balaban J connectivity index is 1.57. The van der Waals surface area contributed by atoms with Crippen molar-refractivity contribution in [1.29, 1.82) is 0 Å². The zero-order valence-electron chi connectivity index (χ0n) is 16.3. The zero-order valence-corrected chi connectivity index (χ0v) is 17.1. The van der Waals surface area contributed by atoms with E-state index in [0.29, 0.717) is 54.3 Å². The fourth-order valence-electron chi connectivity index (χ4n) is 3.48. The predicted molar refractivity (Wildman–Crippen MR) is 110 cm³/mol. The van der Waals surface area contributed by atoms with E-state index < -0.39 is 0 Å². The molecule has 154 valence electrons. The van der Waals surface area contributed by atoms with Crippen LogP contribution in [0.4, 0.5) is 0 Å². The Labute approximate surface area is 175 Å². The molecule has 4 rings (SSSR count). The molecule has 0 aromatic heterocycles. The highest BCUT2D eigenvalue weighted by atomic mass is 35.5. The van der Waals surface area contributed by atoms with Crippen molar-refractivity contribution in [3.63, 3.8) is 0 Å². The van der Waals surface area contributed by atoms with Crippen LogP contribution in [0.3, 0.4) is 0 Å². The van der Waals surface area contributed by atoms with Gasteiger partial charge in [0.05, 0.1) is 29.8 Å². The molecule has 2 aliphatic rings. The highest BCUT2D eigenvalue weighted by Gasteiger charge is 2.22. The van der Waals surface area contributed by atoms with Gasteiger partial charge in [-0.1, -0.05) is 31.0 Å². The van der Waals surface area contributed by atoms with Crippen molar-refractivity contribution < 1.29 is 23.7 Å². The maximum Gasteiger partial charge on any atom is 0.253 e. The average Bonchev–Trinajstić information content (AvgIpc) is 2.97. The second kappa shape index (κ2) is 8.82. The third-order valence-electron chi connectivity index (χ3n) is 4.93. The standard InChI is InChI=1S/C22H24ClNO5/c1-2-4-17(14-5-6-18-19(11-14)27-8-3-7-26-18)24-22(25)15-12-20-21(13-16(15)23)29-10-9-28-20/h5-6,11-13,17H,2-4,7-10H2,1H3,(H,24,25). The quantitative estimate of drug-likeness (QED) is 0.773. The topological polar surface area (TPSA) is 66.0 Å². The number of carbonyl (C=O) groups excluding carboxylic acids is 1. The van der Waals surface area contributed by atoms with Gasteiger partial charge < -0.3 is 24.3 Å². The van der Waals surface area contributed by atoms with Gasteiger partial charge in [0.15, 0.2) is 23.0 Å². The minimum Gasteiger partial charge on any atom is -0.490 e. The Hall–Kier alpha value is -2.60. The molecule has 1 N–H and O–H groups in total. The van der Waals surface area contributed by atoms with E-state index in [1.54, 1.807) is 12.1 Å². The van der Waals surface area contributed by atoms with Gasteiger partial charge in [-0.05, 0) is 30.2 Å². The van der Waals surface area contributed by atoms with Crippen molar-refractivity contribution in [2.75, 3.05) is 26.4 Å². The summed E-state index contributed by atoms with van der Waals surface area (Å²) in [5.41, 5.74) is 1.34. The van der Waals surface area contributed by atoms with Crippen molar-refractivity contribution >= 4 is 17.5 Å². The molecule has 0 fully saturated rings. The molecule has 0 spiro atoms. The first kappa shape index (κ1) is 19.7. The molecule has 0 radical (unpaired) electrons. The Morgan fingerprint density at radius 1 is 0.966 bits per heavy atom. The van der Waals surface area contributed by atoms with E-state index in [-0.39, 0.29) is 11.9 Å². The van der Waals surface area contributed by atoms with Crippen molar-refractivity contribution in [2.24, 2.45) is 0 Å². The lowest BCUT2D eigenvalue weighted by Crippen LogP contribution is -2.29. The number of halogens is 1. The SMILES string of the molecule is CCCC(NC(=O)c1cc2c(cc1Cl)OCCO2)c1ccc2c(c1)OCCCO2. The van der Waals surface area contributed by atoms with Crippen molar-refractivity contribution in [1.82, 2.24) is 5.32 Å². The summed E-state index contributed by atoms with van der Waals surface area (Å²) in [5, 5.41) is 3.44. The van der Waals surface area contributed by atoms with Crippen LogP contribution < -0.4 is 24.3 Å². The molecule has 1 unspecified atom stereocenters. The van der Waals surface area contributed by atoms with E-state index >= 15 is 0 Å². The number of ether oxygens (including phenoxy) is 4. The van der Waals surface area contributed by atoms with Crippen LogP contribution in [0.2, 0.25) is 5.02 Å². The summed E-state index contributed by atoms with van der Waals surface area (Å²) in [4.78, 5) is 13.0. The first-order valence-electron chi connectivity index (χ1n) is 9.95. The lowest BCUT2D eigenvalue weighted by molar-refractivity contribution is 0.0933. The van der Waals surface area contributed by atoms with Crippen LogP contribution in [0.15, 0.2) is 30.3 Å². The number of carbonyl (C=O) groups is 1. The number of rotatable bonds is 5. The lowest BCUT2D eigenvalue weighted by Gasteiger charge is -2.22. The molecule has 2 aromatic carbocycles. The normalized spacial score (nSPS) is 15.9.